The zero-order valence-corrected chi connectivity index (χ0v) is 16.2. The molecule has 2 heterocycles. The van der Waals surface area contributed by atoms with Crippen LogP contribution in [0, 0.1) is 0 Å². The molecule has 152 valence electrons. The van der Waals surface area contributed by atoms with Crippen LogP contribution in [0.3, 0.4) is 0 Å². The highest BCUT2D eigenvalue weighted by Crippen LogP contribution is 2.36. The molecule has 4 rings (SSSR count). The van der Waals surface area contributed by atoms with E-state index < -0.39 is 12.0 Å². The fraction of sp³-hybridized carbons (Fsp3) is 0.0870. The molecular formula is C23H17F2NO4. The Kier molecular flexibility index (Phi) is 5.10. The van der Waals surface area contributed by atoms with Gasteiger partial charge in [0.25, 0.3) is 6.08 Å². The van der Waals surface area contributed by atoms with Gasteiger partial charge >= 0.3 is 5.97 Å². The van der Waals surface area contributed by atoms with Gasteiger partial charge in [0.2, 0.25) is 0 Å². The number of furan rings is 1. The van der Waals surface area contributed by atoms with E-state index in [0.29, 0.717) is 39.1 Å². The van der Waals surface area contributed by atoms with Crippen LogP contribution in [0.2, 0.25) is 0 Å². The summed E-state index contributed by atoms with van der Waals surface area (Å²) in [4.78, 5) is 14.7. The van der Waals surface area contributed by atoms with Crippen molar-refractivity contribution in [2.75, 3.05) is 14.2 Å². The number of rotatable bonds is 5. The van der Waals surface area contributed by atoms with Crippen LogP contribution in [0.15, 0.2) is 71.5 Å². The summed E-state index contributed by atoms with van der Waals surface area (Å²) >= 11 is 0. The lowest BCUT2D eigenvalue weighted by atomic mass is 9.97. The number of carbonyl (C=O) groups excluding carboxylic acids is 1. The minimum absolute atomic E-state index is 0.171. The third-order valence-electron chi connectivity index (χ3n) is 4.82. The Hall–Kier alpha value is -3.87. The van der Waals surface area contributed by atoms with E-state index in [1.165, 1.54) is 20.5 Å². The highest BCUT2D eigenvalue weighted by Gasteiger charge is 2.18. The van der Waals surface area contributed by atoms with Gasteiger partial charge in [0.05, 0.1) is 25.4 Å². The highest BCUT2D eigenvalue weighted by molar-refractivity contribution is 5.99. The Morgan fingerprint density at radius 1 is 1.00 bits per heavy atom. The molecule has 0 atom stereocenters. The number of hydrogen-bond acceptors (Lipinski definition) is 4. The maximum Gasteiger partial charge on any atom is 0.341 e. The quantitative estimate of drug-likeness (QED) is 0.418. The molecule has 0 fully saturated rings. The summed E-state index contributed by atoms with van der Waals surface area (Å²) in [7, 11) is 2.80. The monoisotopic (exact) mass is 409 g/mol. The number of fused-ring (bicyclic) bond motifs is 1. The number of esters is 1. The maximum atomic E-state index is 14.0. The topological polar surface area (TPSA) is 64.5 Å². The molecule has 30 heavy (non-hydrogen) atoms. The van der Waals surface area contributed by atoms with Gasteiger partial charge in [0, 0.05) is 28.2 Å². The number of H-pyrrole nitrogens is 1. The Morgan fingerprint density at radius 2 is 1.77 bits per heavy atom. The lowest BCUT2D eigenvalue weighted by Crippen LogP contribution is -1.98. The van der Waals surface area contributed by atoms with E-state index in [1.807, 2.05) is 0 Å². The van der Waals surface area contributed by atoms with Crippen LogP contribution in [-0.2, 0) is 4.74 Å². The first-order valence-corrected chi connectivity index (χ1v) is 9.00. The van der Waals surface area contributed by atoms with Gasteiger partial charge in [-0.2, -0.15) is 8.78 Å². The van der Waals surface area contributed by atoms with Crippen molar-refractivity contribution in [3.63, 3.8) is 0 Å². The van der Waals surface area contributed by atoms with Crippen LogP contribution in [0.1, 0.15) is 21.5 Å². The molecule has 0 aliphatic heterocycles. The summed E-state index contributed by atoms with van der Waals surface area (Å²) < 4.78 is 43.2. The van der Waals surface area contributed by atoms with Gasteiger partial charge in [-0.05, 0) is 42.0 Å². The summed E-state index contributed by atoms with van der Waals surface area (Å²) in [5.74, 6) is 0.496. The van der Waals surface area contributed by atoms with Gasteiger partial charge in [-0.1, -0.05) is 12.1 Å². The third-order valence-corrected chi connectivity index (χ3v) is 4.82. The van der Waals surface area contributed by atoms with Crippen molar-refractivity contribution >= 4 is 22.4 Å². The zero-order chi connectivity index (χ0) is 21.3. The van der Waals surface area contributed by atoms with Crippen molar-refractivity contribution in [3.8, 4) is 17.1 Å². The molecule has 0 aliphatic carbocycles. The molecule has 0 spiro atoms. The molecule has 2 aromatic heterocycles. The smallest absolute Gasteiger partial charge is 0.341 e. The first-order chi connectivity index (χ1) is 14.5. The van der Waals surface area contributed by atoms with E-state index >= 15 is 0 Å². The molecule has 5 nitrogen and oxygen atoms in total. The lowest BCUT2D eigenvalue weighted by Gasteiger charge is -2.08. The summed E-state index contributed by atoms with van der Waals surface area (Å²) in [5, 5.41) is 0.599. The van der Waals surface area contributed by atoms with E-state index in [2.05, 4.69) is 9.72 Å². The van der Waals surface area contributed by atoms with Gasteiger partial charge < -0.3 is 18.9 Å². The minimum Gasteiger partial charge on any atom is -0.497 e. The predicted octanol–water partition coefficient (Wildman–Crippen LogP) is 5.88. The van der Waals surface area contributed by atoms with Crippen molar-refractivity contribution in [3.05, 3.63) is 83.8 Å². The SMILES string of the molecule is COC(=O)c1coc(-c2ccc3[nH]cc(C(=C(F)F)c4ccc(OC)cc4)c3c2)c1. The Morgan fingerprint density at radius 3 is 2.43 bits per heavy atom. The van der Waals surface area contributed by atoms with E-state index in [1.54, 1.807) is 54.7 Å². The van der Waals surface area contributed by atoms with E-state index in [9.17, 15) is 13.6 Å². The molecule has 0 radical (unpaired) electrons. The number of carbonyl (C=O) groups is 1. The third kappa shape index (κ3) is 3.45. The normalized spacial score (nSPS) is 10.8. The maximum absolute atomic E-state index is 14.0. The number of halogens is 2. The lowest BCUT2D eigenvalue weighted by molar-refractivity contribution is 0.0600. The first-order valence-electron chi connectivity index (χ1n) is 9.00. The molecule has 0 aliphatic rings. The summed E-state index contributed by atoms with van der Waals surface area (Å²) in [6, 6.07) is 13.3. The first kappa shape index (κ1) is 19.4. The molecule has 0 saturated heterocycles. The molecule has 0 amide bonds. The van der Waals surface area contributed by atoms with Gasteiger partial charge in [-0.15, -0.1) is 0 Å². The molecule has 1 N–H and O–H groups in total. The van der Waals surface area contributed by atoms with Gasteiger partial charge in [-0.25, -0.2) is 4.79 Å². The van der Waals surface area contributed by atoms with Crippen LogP contribution in [0.25, 0.3) is 27.8 Å². The second-order valence-corrected chi connectivity index (χ2v) is 6.52. The molecule has 0 saturated carbocycles. The number of aromatic nitrogens is 1. The van der Waals surface area contributed by atoms with Crippen LogP contribution >= 0.6 is 0 Å². The average Bonchev–Trinajstić information content (AvgIpc) is 3.41. The summed E-state index contributed by atoms with van der Waals surface area (Å²) in [5.41, 5.74) is 2.17. The van der Waals surface area contributed by atoms with Crippen molar-refractivity contribution in [1.82, 2.24) is 4.98 Å². The Balaban J connectivity index is 1.81. The second kappa shape index (κ2) is 7.87. The van der Waals surface area contributed by atoms with Crippen molar-refractivity contribution in [2.24, 2.45) is 0 Å². The molecular weight excluding hydrogens is 392 g/mol. The predicted molar refractivity (Wildman–Crippen MR) is 109 cm³/mol. The van der Waals surface area contributed by atoms with Gasteiger partial charge in [0.15, 0.2) is 0 Å². The fourth-order valence-corrected chi connectivity index (χ4v) is 3.32. The molecule has 0 unspecified atom stereocenters. The van der Waals surface area contributed by atoms with E-state index in [4.69, 9.17) is 9.15 Å². The number of aromatic amines is 1. The van der Waals surface area contributed by atoms with Crippen LogP contribution in [0.5, 0.6) is 5.75 Å². The number of hydrogen-bond donors (Lipinski definition) is 1. The molecule has 2 aromatic carbocycles. The Bertz CT molecular complexity index is 1250. The van der Waals surface area contributed by atoms with Crippen LogP contribution in [0.4, 0.5) is 8.78 Å². The van der Waals surface area contributed by atoms with Crippen LogP contribution < -0.4 is 4.74 Å². The van der Waals surface area contributed by atoms with Crippen molar-refractivity contribution in [1.29, 1.82) is 0 Å². The minimum atomic E-state index is -1.79. The van der Waals surface area contributed by atoms with E-state index in [-0.39, 0.29) is 11.1 Å². The molecule has 4 aromatic rings. The number of ether oxygens (including phenoxy) is 2. The highest BCUT2D eigenvalue weighted by atomic mass is 19.3. The number of methoxy groups -OCH3 is 2. The van der Waals surface area contributed by atoms with Crippen LogP contribution in [-0.4, -0.2) is 25.2 Å². The number of nitrogens with one attached hydrogen (secondary N) is 1. The van der Waals surface area contributed by atoms with E-state index in [0.717, 1.165) is 0 Å². The fourth-order valence-electron chi connectivity index (χ4n) is 3.32. The standard InChI is InChI=1S/C23H17F2NO4/c1-28-16-6-3-13(4-7-16)21(22(24)25)18-11-26-19-8-5-14(9-17(18)19)20-10-15(12-30-20)23(27)29-2/h3-12,26H,1-2H3. The van der Waals surface area contributed by atoms with Gasteiger partial charge in [-0.3, -0.25) is 0 Å². The molecule has 0 bridgehead atoms. The summed E-state index contributed by atoms with van der Waals surface area (Å²) in [6.45, 7) is 0. The largest absolute Gasteiger partial charge is 0.497 e. The van der Waals surface area contributed by atoms with Crippen molar-refractivity contribution < 1.29 is 27.5 Å². The average molecular weight is 409 g/mol. The van der Waals surface area contributed by atoms with Gasteiger partial charge in [0.1, 0.15) is 17.8 Å². The van der Waals surface area contributed by atoms with Crippen molar-refractivity contribution in [2.45, 2.75) is 0 Å². The second-order valence-electron chi connectivity index (χ2n) is 6.52. The number of benzene rings is 2. The Labute approximate surface area is 170 Å². The summed E-state index contributed by atoms with van der Waals surface area (Å²) in [6.07, 6.45) is 1.06. The zero-order valence-electron chi connectivity index (χ0n) is 16.2. The molecule has 7 heteroatoms.